The van der Waals surface area contributed by atoms with Gasteiger partial charge in [-0.05, 0) is 33.9 Å². The molecule has 8 nitrogen and oxygen atoms in total. The van der Waals surface area contributed by atoms with Crippen LogP contribution in [0.3, 0.4) is 0 Å². The van der Waals surface area contributed by atoms with Crippen molar-refractivity contribution >= 4 is 17.3 Å². The van der Waals surface area contributed by atoms with Gasteiger partial charge in [-0.25, -0.2) is 10.2 Å². The number of esters is 1. The molecule has 1 aliphatic heterocycles. The Bertz CT molecular complexity index is 596. The molecule has 1 aliphatic rings. The molecule has 0 radical (unpaired) electrons. The SMILES string of the molecule is CNC1(C(=O)OC(C)(C)C)NNc2ccc([N+](=O)[O-])cc21. The van der Waals surface area contributed by atoms with E-state index in [9.17, 15) is 14.9 Å². The van der Waals surface area contributed by atoms with Crippen molar-refractivity contribution in [2.45, 2.75) is 32.0 Å². The van der Waals surface area contributed by atoms with Crippen molar-refractivity contribution in [1.82, 2.24) is 10.7 Å². The number of carbonyl (C=O) groups is 1. The average Bonchev–Trinajstić information content (AvgIpc) is 2.75. The van der Waals surface area contributed by atoms with Gasteiger partial charge in [-0.2, -0.15) is 0 Å². The minimum Gasteiger partial charge on any atom is -0.457 e. The van der Waals surface area contributed by atoms with Crippen LogP contribution in [0.1, 0.15) is 26.3 Å². The van der Waals surface area contributed by atoms with Crippen LogP contribution in [0.4, 0.5) is 11.4 Å². The number of fused-ring (bicyclic) bond motifs is 1. The molecule has 1 aromatic rings. The van der Waals surface area contributed by atoms with Crippen molar-refractivity contribution in [3.8, 4) is 0 Å². The molecule has 0 aromatic heterocycles. The Morgan fingerprint density at radius 2 is 2.10 bits per heavy atom. The molecular weight excluding hydrogens is 276 g/mol. The van der Waals surface area contributed by atoms with Gasteiger partial charge in [0.05, 0.1) is 10.6 Å². The molecule has 1 heterocycles. The van der Waals surface area contributed by atoms with Crippen molar-refractivity contribution in [2.75, 3.05) is 12.5 Å². The Morgan fingerprint density at radius 3 is 2.62 bits per heavy atom. The summed E-state index contributed by atoms with van der Waals surface area (Å²) in [6.45, 7) is 5.26. The first-order valence-electron chi connectivity index (χ1n) is 6.44. The highest BCUT2D eigenvalue weighted by Crippen LogP contribution is 2.35. The first-order valence-corrected chi connectivity index (χ1v) is 6.44. The molecule has 0 fully saturated rings. The van der Waals surface area contributed by atoms with E-state index in [1.54, 1.807) is 33.9 Å². The molecule has 2 rings (SSSR count). The van der Waals surface area contributed by atoms with E-state index in [-0.39, 0.29) is 5.69 Å². The fourth-order valence-electron chi connectivity index (χ4n) is 2.11. The second-order valence-corrected chi connectivity index (χ2v) is 5.74. The van der Waals surface area contributed by atoms with Crippen LogP contribution in [-0.4, -0.2) is 23.5 Å². The number of hydrazine groups is 1. The first kappa shape index (κ1) is 15.2. The number of benzene rings is 1. The molecule has 0 aliphatic carbocycles. The summed E-state index contributed by atoms with van der Waals surface area (Å²) in [6.07, 6.45) is 0. The van der Waals surface area contributed by atoms with Gasteiger partial charge in [0.25, 0.3) is 5.69 Å². The number of nitro groups is 1. The molecule has 8 heteroatoms. The maximum atomic E-state index is 12.5. The average molecular weight is 294 g/mol. The van der Waals surface area contributed by atoms with E-state index >= 15 is 0 Å². The van der Waals surface area contributed by atoms with Crippen LogP contribution < -0.4 is 16.2 Å². The number of hydrogen-bond acceptors (Lipinski definition) is 7. The molecule has 0 saturated heterocycles. The minimum atomic E-state index is -1.37. The van der Waals surface area contributed by atoms with Crippen molar-refractivity contribution in [3.63, 3.8) is 0 Å². The molecule has 1 aromatic carbocycles. The smallest absolute Gasteiger partial charge is 0.348 e. The van der Waals surface area contributed by atoms with Crippen LogP contribution in [0.2, 0.25) is 0 Å². The lowest BCUT2D eigenvalue weighted by Gasteiger charge is -2.30. The Hall–Kier alpha value is -2.19. The summed E-state index contributed by atoms with van der Waals surface area (Å²) in [7, 11) is 1.58. The molecule has 21 heavy (non-hydrogen) atoms. The molecule has 1 unspecified atom stereocenters. The zero-order valence-corrected chi connectivity index (χ0v) is 12.3. The number of nitro benzene ring substituents is 1. The fraction of sp³-hybridized carbons (Fsp3) is 0.462. The lowest BCUT2D eigenvalue weighted by Crippen LogP contribution is -2.58. The third-order valence-electron chi connectivity index (χ3n) is 3.08. The summed E-state index contributed by atoms with van der Waals surface area (Å²) in [4.78, 5) is 22.9. The molecule has 0 amide bonds. The van der Waals surface area contributed by atoms with Crippen LogP contribution >= 0.6 is 0 Å². The molecule has 1 atom stereocenters. The van der Waals surface area contributed by atoms with Crippen LogP contribution in [0, 0.1) is 10.1 Å². The van der Waals surface area contributed by atoms with E-state index in [2.05, 4.69) is 16.2 Å². The van der Waals surface area contributed by atoms with E-state index in [0.29, 0.717) is 11.3 Å². The van der Waals surface area contributed by atoms with E-state index < -0.39 is 22.2 Å². The van der Waals surface area contributed by atoms with Crippen molar-refractivity contribution in [3.05, 3.63) is 33.9 Å². The van der Waals surface area contributed by atoms with E-state index in [1.807, 2.05) is 0 Å². The summed E-state index contributed by atoms with van der Waals surface area (Å²) in [6, 6.07) is 4.26. The minimum absolute atomic E-state index is 0.0950. The summed E-state index contributed by atoms with van der Waals surface area (Å²) >= 11 is 0. The maximum Gasteiger partial charge on any atom is 0.348 e. The van der Waals surface area contributed by atoms with Crippen LogP contribution in [0.25, 0.3) is 0 Å². The van der Waals surface area contributed by atoms with E-state index in [1.165, 1.54) is 12.1 Å². The number of likely N-dealkylation sites (N-methyl/N-ethyl adjacent to an activating group) is 1. The third-order valence-corrected chi connectivity index (χ3v) is 3.08. The fourth-order valence-corrected chi connectivity index (χ4v) is 2.11. The zero-order valence-electron chi connectivity index (χ0n) is 12.3. The highest BCUT2D eigenvalue weighted by atomic mass is 16.6. The lowest BCUT2D eigenvalue weighted by atomic mass is 9.99. The third kappa shape index (κ3) is 2.67. The second-order valence-electron chi connectivity index (χ2n) is 5.74. The molecule has 0 bridgehead atoms. The van der Waals surface area contributed by atoms with Gasteiger partial charge < -0.3 is 10.2 Å². The molecule has 114 valence electrons. The largest absolute Gasteiger partial charge is 0.457 e. The van der Waals surface area contributed by atoms with Crippen LogP contribution in [-0.2, 0) is 15.2 Å². The molecular formula is C13H18N4O4. The van der Waals surface area contributed by atoms with Crippen molar-refractivity contribution < 1.29 is 14.5 Å². The van der Waals surface area contributed by atoms with Crippen LogP contribution in [0.5, 0.6) is 0 Å². The summed E-state index contributed by atoms with van der Waals surface area (Å²) in [5, 5.41) is 13.8. The van der Waals surface area contributed by atoms with Gasteiger partial charge in [0.1, 0.15) is 5.60 Å². The van der Waals surface area contributed by atoms with E-state index in [4.69, 9.17) is 4.74 Å². The van der Waals surface area contributed by atoms with Crippen molar-refractivity contribution in [2.24, 2.45) is 0 Å². The molecule has 3 N–H and O–H groups in total. The van der Waals surface area contributed by atoms with Gasteiger partial charge in [-0.3, -0.25) is 15.4 Å². The summed E-state index contributed by atoms with van der Waals surface area (Å²) in [5.41, 5.74) is 4.53. The Labute approximate surface area is 122 Å². The Morgan fingerprint density at radius 1 is 1.43 bits per heavy atom. The van der Waals surface area contributed by atoms with Gasteiger partial charge in [0, 0.05) is 17.7 Å². The van der Waals surface area contributed by atoms with Gasteiger partial charge in [0.15, 0.2) is 0 Å². The number of hydrogen-bond donors (Lipinski definition) is 3. The number of non-ortho nitro benzene ring substituents is 1. The summed E-state index contributed by atoms with van der Waals surface area (Å²) < 4.78 is 5.40. The molecule has 0 spiro atoms. The first-order chi connectivity index (χ1) is 9.69. The number of nitrogens with zero attached hydrogens (tertiary/aromatic N) is 1. The highest BCUT2D eigenvalue weighted by Gasteiger charge is 2.48. The Balaban J connectivity index is 2.47. The normalized spacial score (nSPS) is 20.6. The predicted octanol–water partition coefficient (Wildman–Crippen LogP) is 1.24. The van der Waals surface area contributed by atoms with Gasteiger partial charge >= 0.3 is 5.97 Å². The van der Waals surface area contributed by atoms with Gasteiger partial charge in [-0.15, -0.1) is 0 Å². The standard InChI is InChI=1S/C13H18N4O4/c1-12(2,3)21-11(18)13(14-4)9-7-8(17(19)20)5-6-10(9)15-16-13/h5-7,14-16H,1-4H3. The number of rotatable bonds is 3. The van der Waals surface area contributed by atoms with Gasteiger partial charge in [-0.1, -0.05) is 0 Å². The number of anilines is 1. The monoisotopic (exact) mass is 294 g/mol. The maximum absolute atomic E-state index is 12.5. The number of ether oxygens (including phenoxy) is 1. The predicted molar refractivity (Wildman–Crippen MR) is 76.4 cm³/mol. The van der Waals surface area contributed by atoms with Gasteiger partial charge in [0.2, 0.25) is 5.66 Å². The Kier molecular flexibility index (Phi) is 3.60. The number of nitrogens with one attached hydrogen (secondary N) is 3. The number of carbonyl (C=O) groups excluding carboxylic acids is 1. The van der Waals surface area contributed by atoms with Crippen molar-refractivity contribution in [1.29, 1.82) is 0 Å². The topological polar surface area (TPSA) is 106 Å². The lowest BCUT2D eigenvalue weighted by molar-refractivity contribution is -0.384. The van der Waals surface area contributed by atoms with E-state index in [0.717, 1.165) is 0 Å². The quantitative estimate of drug-likeness (QED) is 0.437. The summed E-state index contributed by atoms with van der Waals surface area (Å²) in [5.74, 6) is -0.566. The zero-order chi connectivity index (χ0) is 15.8. The highest BCUT2D eigenvalue weighted by molar-refractivity contribution is 5.87. The second kappa shape index (κ2) is 4.97. The van der Waals surface area contributed by atoms with Crippen LogP contribution in [0.15, 0.2) is 18.2 Å². The molecule has 0 saturated carbocycles.